The third kappa shape index (κ3) is 5.41. The fourth-order valence-electron chi connectivity index (χ4n) is 3.32. The van der Waals surface area contributed by atoms with Crippen LogP contribution in [0.25, 0.3) is 0 Å². The smallest absolute Gasteiger partial charge is 0.0589 e. The highest BCUT2D eigenvalue weighted by molar-refractivity contribution is 4.85. The molecule has 0 spiro atoms. The summed E-state index contributed by atoms with van der Waals surface area (Å²) in [4.78, 5) is 2.66. The van der Waals surface area contributed by atoms with E-state index in [2.05, 4.69) is 17.1 Å². The lowest BCUT2D eigenvalue weighted by Crippen LogP contribution is -2.39. The molecule has 112 valence electrons. The summed E-state index contributed by atoms with van der Waals surface area (Å²) in [6.07, 6.45) is 9.73. The first-order valence-electron chi connectivity index (χ1n) is 8.27. The van der Waals surface area contributed by atoms with E-state index in [0.29, 0.717) is 0 Å². The minimum absolute atomic E-state index is 0.759. The zero-order valence-electron chi connectivity index (χ0n) is 12.9. The number of nitrogens with zero attached hydrogens (tertiary/aromatic N) is 1. The molecule has 2 rings (SSSR count). The van der Waals surface area contributed by atoms with Gasteiger partial charge in [0.05, 0.1) is 6.61 Å². The molecule has 1 saturated heterocycles. The standard InChI is InChI=1S/C16H32N2O/c1-14(15-8-9-15)18(12-13-19-2)11-5-7-16-6-3-4-10-17-16/h14-17H,3-13H2,1-2H3. The molecule has 2 atom stereocenters. The number of rotatable bonds is 9. The summed E-state index contributed by atoms with van der Waals surface area (Å²) in [5, 5.41) is 3.66. The summed E-state index contributed by atoms with van der Waals surface area (Å²) in [6, 6.07) is 1.55. The van der Waals surface area contributed by atoms with Crippen molar-refractivity contribution < 1.29 is 4.74 Å². The van der Waals surface area contributed by atoms with Crippen molar-refractivity contribution in [1.29, 1.82) is 0 Å². The van der Waals surface area contributed by atoms with E-state index in [1.54, 1.807) is 0 Å². The Morgan fingerprint density at radius 2 is 2.05 bits per heavy atom. The molecular weight excluding hydrogens is 236 g/mol. The van der Waals surface area contributed by atoms with E-state index in [1.165, 1.54) is 58.0 Å². The number of hydrogen-bond donors (Lipinski definition) is 1. The van der Waals surface area contributed by atoms with Gasteiger partial charge in [-0.1, -0.05) is 6.42 Å². The Hall–Kier alpha value is -0.120. The zero-order valence-corrected chi connectivity index (χ0v) is 12.9. The number of nitrogens with one attached hydrogen (secondary N) is 1. The molecule has 2 aliphatic rings. The lowest BCUT2D eigenvalue weighted by Gasteiger charge is -2.30. The van der Waals surface area contributed by atoms with Gasteiger partial charge in [0.15, 0.2) is 0 Å². The van der Waals surface area contributed by atoms with Crippen molar-refractivity contribution in [2.45, 2.75) is 64.0 Å². The molecule has 3 nitrogen and oxygen atoms in total. The van der Waals surface area contributed by atoms with Gasteiger partial charge in [0.2, 0.25) is 0 Å². The largest absolute Gasteiger partial charge is 0.383 e. The van der Waals surface area contributed by atoms with E-state index in [4.69, 9.17) is 4.74 Å². The third-order valence-corrected chi connectivity index (χ3v) is 4.87. The van der Waals surface area contributed by atoms with E-state index < -0.39 is 0 Å². The van der Waals surface area contributed by atoms with Gasteiger partial charge in [0.1, 0.15) is 0 Å². The molecule has 2 unspecified atom stereocenters. The maximum atomic E-state index is 5.26. The Kier molecular flexibility index (Phi) is 6.62. The van der Waals surface area contributed by atoms with E-state index in [0.717, 1.165) is 31.2 Å². The van der Waals surface area contributed by atoms with Gasteiger partial charge in [-0.2, -0.15) is 0 Å². The van der Waals surface area contributed by atoms with Crippen LogP contribution in [0.3, 0.4) is 0 Å². The normalized spacial score (nSPS) is 25.7. The monoisotopic (exact) mass is 268 g/mol. The molecule has 0 radical (unpaired) electrons. The second-order valence-corrected chi connectivity index (χ2v) is 6.40. The van der Waals surface area contributed by atoms with Crippen LogP contribution in [0.2, 0.25) is 0 Å². The predicted octanol–water partition coefficient (Wildman–Crippen LogP) is 2.66. The van der Waals surface area contributed by atoms with E-state index >= 15 is 0 Å². The first-order chi connectivity index (χ1) is 9.31. The highest BCUT2D eigenvalue weighted by atomic mass is 16.5. The van der Waals surface area contributed by atoms with Gasteiger partial charge in [-0.3, -0.25) is 4.90 Å². The maximum Gasteiger partial charge on any atom is 0.0589 e. The zero-order chi connectivity index (χ0) is 13.5. The van der Waals surface area contributed by atoms with Crippen LogP contribution in [0.5, 0.6) is 0 Å². The lowest BCUT2D eigenvalue weighted by atomic mass is 10.0. The number of ether oxygens (including phenoxy) is 1. The van der Waals surface area contributed by atoms with Gasteiger partial charge in [-0.25, -0.2) is 0 Å². The van der Waals surface area contributed by atoms with Gasteiger partial charge < -0.3 is 10.1 Å². The molecule has 1 heterocycles. The number of methoxy groups -OCH3 is 1. The van der Waals surface area contributed by atoms with Crippen molar-refractivity contribution in [2.24, 2.45) is 5.92 Å². The van der Waals surface area contributed by atoms with Crippen LogP contribution in [-0.2, 0) is 4.74 Å². The van der Waals surface area contributed by atoms with Crippen molar-refractivity contribution in [3.05, 3.63) is 0 Å². The molecule has 0 aromatic rings. The predicted molar refractivity (Wildman–Crippen MR) is 80.5 cm³/mol. The second-order valence-electron chi connectivity index (χ2n) is 6.40. The van der Waals surface area contributed by atoms with Crippen molar-refractivity contribution in [2.75, 3.05) is 33.4 Å². The van der Waals surface area contributed by atoms with Crippen LogP contribution in [0.15, 0.2) is 0 Å². The lowest BCUT2D eigenvalue weighted by molar-refractivity contribution is 0.114. The van der Waals surface area contributed by atoms with Crippen LogP contribution in [0.1, 0.15) is 51.9 Å². The minimum Gasteiger partial charge on any atom is -0.383 e. The fraction of sp³-hybridized carbons (Fsp3) is 1.00. The first-order valence-corrected chi connectivity index (χ1v) is 8.27. The van der Waals surface area contributed by atoms with Gasteiger partial charge in [0, 0.05) is 25.7 Å². The van der Waals surface area contributed by atoms with Crippen LogP contribution >= 0.6 is 0 Å². The molecule has 1 aliphatic carbocycles. The Balaban J connectivity index is 1.65. The highest BCUT2D eigenvalue weighted by Gasteiger charge is 2.31. The molecule has 1 N–H and O–H groups in total. The SMILES string of the molecule is COCCN(CCCC1CCCCN1)C(C)C1CC1. The van der Waals surface area contributed by atoms with Crippen LogP contribution < -0.4 is 5.32 Å². The van der Waals surface area contributed by atoms with E-state index in [-0.39, 0.29) is 0 Å². The molecule has 3 heteroatoms. The second kappa shape index (κ2) is 8.23. The Labute approximate surface area is 119 Å². The average molecular weight is 268 g/mol. The van der Waals surface area contributed by atoms with E-state index in [9.17, 15) is 0 Å². The Morgan fingerprint density at radius 1 is 1.21 bits per heavy atom. The molecular formula is C16H32N2O. The van der Waals surface area contributed by atoms with Crippen LogP contribution in [0.4, 0.5) is 0 Å². The van der Waals surface area contributed by atoms with E-state index in [1.807, 2.05) is 7.11 Å². The molecule has 1 aliphatic heterocycles. The quantitative estimate of drug-likeness (QED) is 0.696. The molecule has 19 heavy (non-hydrogen) atoms. The molecule has 2 fully saturated rings. The summed E-state index contributed by atoms with van der Waals surface area (Å²) in [5.74, 6) is 0.963. The summed E-state index contributed by atoms with van der Waals surface area (Å²) in [6.45, 7) is 6.87. The molecule has 0 aromatic carbocycles. The molecule has 0 bridgehead atoms. The molecule has 1 saturated carbocycles. The number of hydrogen-bond acceptors (Lipinski definition) is 3. The first kappa shape index (κ1) is 15.3. The Bertz CT molecular complexity index is 237. The van der Waals surface area contributed by atoms with Crippen molar-refractivity contribution in [3.8, 4) is 0 Å². The minimum atomic E-state index is 0.759. The Morgan fingerprint density at radius 3 is 2.68 bits per heavy atom. The highest BCUT2D eigenvalue weighted by Crippen LogP contribution is 2.35. The summed E-state index contributed by atoms with van der Waals surface area (Å²) >= 11 is 0. The van der Waals surface area contributed by atoms with Gasteiger partial charge in [-0.15, -0.1) is 0 Å². The fourth-order valence-corrected chi connectivity index (χ4v) is 3.32. The molecule has 0 aromatic heterocycles. The summed E-state index contributed by atoms with van der Waals surface area (Å²) in [5.41, 5.74) is 0. The summed E-state index contributed by atoms with van der Waals surface area (Å²) < 4.78 is 5.26. The van der Waals surface area contributed by atoms with Crippen LogP contribution in [0, 0.1) is 5.92 Å². The van der Waals surface area contributed by atoms with Gasteiger partial charge >= 0.3 is 0 Å². The van der Waals surface area contributed by atoms with Crippen molar-refractivity contribution in [3.63, 3.8) is 0 Å². The van der Waals surface area contributed by atoms with Crippen molar-refractivity contribution >= 4 is 0 Å². The maximum absolute atomic E-state index is 5.26. The summed E-state index contributed by atoms with van der Waals surface area (Å²) in [7, 11) is 1.81. The van der Waals surface area contributed by atoms with Crippen molar-refractivity contribution in [1.82, 2.24) is 10.2 Å². The number of piperidine rings is 1. The topological polar surface area (TPSA) is 24.5 Å². The van der Waals surface area contributed by atoms with Gasteiger partial charge in [0.25, 0.3) is 0 Å². The van der Waals surface area contributed by atoms with Crippen LogP contribution in [-0.4, -0.2) is 50.3 Å². The van der Waals surface area contributed by atoms with Gasteiger partial charge in [-0.05, 0) is 64.5 Å². The molecule has 0 amide bonds. The average Bonchev–Trinajstić information content (AvgIpc) is 3.27. The third-order valence-electron chi connectivity index (χ3n) is 4.87.